The first-order valence-electron chi connectivity index (χ1n) is 11.3. The summed E-state index contributed by atoms with van der Waals surface area (Å²) in [6, 6.07) is -0.0255. The number of alkyl halides is 2. The fourth-order valence-electron chi connectivity index (χ4n) is 3.97. The van der Waals surface area contributed by atoms with Crippen LogP contribution in [0.2, 0.25) is 0 Å². The third-order valence-corrected chi connectivity index (χ3v) is 5.95. The van der Waals surface area contributed by atoms with Gasteiger partial charge in [-0.2, -0.15) is 4.52 Å². The number of anilines is 1. The van der Waals surface area contributed by atoms with Crippen LogP contribution < -0.4 is 16.6 Å². The fraction of sp³-hybridized carbons (Fsp3) is 0.545. The van der Waals surface area contributed by atoms with Gasteiger partial charge in [0.1, 0.15) is 0 Å². The van der Waals surface area contributed by atoms with Gasteiger partial charge in [0.15, 0.2) is 17.0 Å². The van der Waals surface area contributed by atoms with Crippen LogP contribution in [-0.4, -0.2) is 61.1 Å². The molecule has 0 aromatic carbocycles. The van der Waals surface area contributed by atoms with Crippen molar-refractivity contribution in [2.75, 3.05) is 18.8 Å². The van der Waals surface area contributed by atoms with Crippen LogP contribution in [0.25, 0.3) is 11.7 Å². The smallest absolute Gasteiger partial charge is 0.270 e. The van der Waals surface area contributed by atoms with E-state index in [0.717, 1.165) is 17.4 Å². The molecule has 0 bridgehead atoms. The summed E-state index contributed by atoms with van der Waals surface area (Å²) in [4.78, 5) is 39.8. The first-order chi connectivity index (χ1) is 16.0. The van der Waals surface area contributed by atoms with Crippen LogP contribution in [0.5, 0.6) is 5.88 Å². The second kappa shape index (κ2) is 8.73. The average Bonchev–Trinajstić information content (AvgIpc) is 3.50. The number of hydrogen-bond acceptors (Lipinski definition) is 6. The van der Waals surface area contributed by atoms with Gasteiger partial charge >= 0.3 is 0 Å². The highest BCUT2D eigenvalue weighted by atomic mass is 19.3. The summed E-state index contributed by atoms with van der Waals surface area (Å²) in [7, 11) is 0. The molecule has 2 aromatic heterocycles. The van der Waals surface area contributed by atoms with Crippen LogP contribution >= 0.6 is 0 Å². The lowest BCUT2D eigenvalue weighted by Gasteiger charge is -2.30. The Labute approximate surface area is 194 Å². The number of carbonyl (C=O) groups excluding carboxylic acids is 2. The number of hydrogen-bond donors (Lipinski definition) is 3. The summed E-state index contributed by atoms with van der Waals surface area (Å²) < 4.78 is 29.1. The number of aromatic hydroxyl groups is 1. The number of carbonyl (C=O) groups is 2. The zero-order valence-electron chi connectivity index (χ0n) is 19.1. The van der Waals surface area contributed by atoms with Gasteiger partial charge in [-0.05, 0) is 24.8 Å². The SMILES string of the molecule is CC(C)Cn1c(=O)c(C(=O)NC2CC2)c(O)n2nc(N)c(/C=C/C(=O)N3CCC(F)(F)CC3)c12. The Balaban J connectivity index is 1.75. The van der Waals surface area contributed by atoms with Crippen LogP contribution in [0.1, 0.15) is 55.5 Å². The molecule has 3 heterocycles. The number of nitrogens with one attached hydrogen (secondary N) is 1. The van der Waals surface area contributed by atoms with E-state index < -0.39 is 47.6 Å². The lowest BCUT2D eigenvalue weighted by molar-refractivity contribution is -0.132. The summed E-state index contributed by atoms with van der Waals surface area (Å²) in [5.74, 6) is -4.66. The van der Waals surface area contributed by atoms with E-state index in [1.807, 2.05) is 13.8 Å². The van der Waals surface area contributed by atoms with E-state index in [1.165, 1.54) is 21.6 Å². The number of fused-ring (bicyclic) bond motifs is 1. The number of amides is 2. The van der Waals surface area contributed by atoms with Crippen molar-refractivity contribution < 1.29 is 23.5 Å². The minimum Gasteiger partial charge on any atom is -0.492 e. The number of aromatic nitrogens is 3. The summed E-state index contributed by atoms with van der Waals surface area (Å²) >= 11 is 0. The molecule has 34 heavy (non-hydrogen) atoms. The molecule has 1 saturated carbocycles. The maximum Gasteiger partial charge on any atom is 0.270 e. The van der Waals surface area contributed by atoms with Crippen LogP contribution in [0.3, 0.4) is 0 Å². The number of nitrogens with zero attached hydrogens (tertiary/aromatic N) is 4. The Morgan fingerprint density at radius 3 is 2.53 bits per heavy atom. The summed E-state index contributed by atoms with van der Waals surface area (Å²) in [5.41, 5.74) is 5.27. The van der Waals surface area contributed by atoms with Gasteiger partial charge in [-0.3, -0.25) is 19.0 Å². The number of halogens is 2. The van der Waals surface area contributed by atoms with Gasteiger partial charge in [0.2, 0.25) is 11.8 Å². The van der Waals surface area contributed by atoms with Gasteiger partial charge in [0.05, 0.1) is 5.56 Å². The molecule has 0 unspecified atom stereocenters. The number of likely N-dealkylation sites (tertiary alicyclic amines) is 1. The summed E-state index contributed by atoms with van der Waals surface area (Å²) in [6.07, 6.45) is 3.35. The first kappa shape index (κ1) is 23.7. The normalized spacial score (nSPS) is 18.2. The topological polar surface area (TPSA) is 135 Å². The quantitative estimate of drug-likeness (QED) is 0.540. The molecule has 1 saturated heterocycles. The second-order valence-electron chi connectivity index (χ2n) is 9.30. The van der Waals surface area contributed by atoms with Gasteiger partial charge in [-0.25, -0.2) is 8.78 Å². The summed E-state index contributed by atoms with van der Waals surface area (Å²) in [6.45, 7) is 3.82. The predicted octanol–water partition coefficient (Wildman–Crippen LogP) is 1.60. The van der Waals surface area contributed by atoms with Gasteiger partial charge in [0.25, 0.3) is 17.4 Å². The Morgan fingerprint density at radius 2 is 1.94 bits per heavy atom. The van der Waals surface area contributed by atoms with Crippen molar-refractivity contribution in [3.8, 4) is 5.88 Å². The van der Waals surface area contributed by atoms with Gasteiger partial charge < -0.3 is 21.1 Å². The Kier molecular flexibility index (Phi) is 6.09. The molecule has 2 aliphatic rings. The van der Waals surface area contributed by atoms with Crippen LogP contribution in [0.15, 0.2) is 10.9 Å². The molecule has 0 radical (unpaired) electrons. The van der Waals surface area contributed by atoms with Crippen molar-refractivity contribution in [1.29, 1.82) is 0 Å². The molecule has 0 spiro atoms. The number of piperidine rings is 1. The number of nitrogens with two attached hydrogens (primary N) is 1. The van der Waals surface area contributed by atoms with Crippen molar-refractivity contribution in [1.82, 2.24) is 24.4 Å². The second-order valence-corrected chi connectivity index (χ2v) is 9.30. The first-order valence-corrected chi connectivity index (χ1v) is 11.3. The van der Waals surface area contributed by atoms with E-state index in [2.05, 4.69) is 10.4 Å². The summed E-state index contributed by atoms with van der Waals surface area (Å²) in [5, 5.41) is 17.6. The number of rotatable bonds is 6. The average molecular weight is 479 g/mol. The highest BCUT2D eigenvalue weighted by Crippen LogP contribution is 2.29. The van der Waals surface area contributed by atoms with Crippen molar-refractivity contribution in [2.24, 2.45) is 5.92 Å². The largest absolute Gasteiger partial charge is 0.492 e. The zero-order valence-corrected chi connectivity index (χ0v) is 19.1. The molecule has 1 aliphatic carbocycles. The van der Waals surface area contributed by atoms with Crippen molar-refractivity contribution in [3.05, 3.63) is 27.6 Å². The molecule has 2 fully saturated rings. The number of nitrogen functional groups attached to an aromatic ring is 1. The van der Waals surface area contributed by atoms with Crippen LogP contribution in [0.4, 0.5) is 14.6 Å². The Hall–Kier alpha value is -3.44. The highest BCUT2D eigenvalue weighted by Gasteiger charge is 2.35. The minimum atomic E-state index is -2.78. The van der Waals surface area contributed by atoms with Crippen LogP contribution in [0, 0.1) is 5.92 Å². The molecule has 12 heteroatoms. The fourth-order valence-corrected chi connectivity index (χ4v) is 3.97. The van der Waals surface area contributed by atoms with E-state index in [9.17, 15) is 28.3 Å². The van der Waals surface area contributed by atoms with E-state index in [1.54, 1.807) is 0 Å². The van der Waals surface area contributed by atoms with Crippen molar-refractivity contribution in [2.45, 2.75) is 58.0 Å². The molecule has 0 atom stereocenters. The molecule has 4 N–H and O–H groups in total. The lowest BCUT2D eigenvalue weighted by atomic mass is 10.1. The van der Waals surface area contributed by atoms with E-state index in [4.69, 9.17) is 5.73 Å². The lowest BCUT2D eigenvalue weighted by Crippen LogP contribution is -2.42. The van der Waals surface area contributed by atoms with E-state index in [0.29, 0.717) is 0 Å². The molecule has 184 valence electrons. The van der Waals surface area contributed by atoms with E-state index >= 15 is 0 Å². The molecule has 10 nitrogen and oxygen atoms in total. The molecular formula is C22H28F2N6O4. The third-order valence-electron chi connectivity index (χ3n) is 5.95. The standard InChI is InChI=1S/C22H28F2N6O4/c1-12(2)11-29-19-14(5-6-15(31)28-9-7-22(23,24)8-10-28)17(25)27-30(19)21(34)16(20(29)33)18(32)26-13-3-4-13/h5-6,12-13,34H,3-4,7-11H2,1-2H3,(H2,25,27)(H,26,32)/b6-5+. The van der Waals surface area contributed by atoms with Crippen molar-refractivity contribution >= 4 is 29.4 Å². The van der Waals surface area contributed by atoms with E-state index in [-0.39, 0.29) is 48.6 Å². The third kappa shape index (κ3) is 4.62. The Morgan fingerprint density at radius 1 is 1.29 bits per heavy atom. The van der Waals surface area contributed by atoms with Gasteiger partial charge in [0, 0.05) is 44.6 Å². The monoisotopic (exact) mass is 478 g/mol. The predicted molar refractivity (Wildman–Crippen MR) is 121 cm³/mol. The van der Waals surface area contributed by atoms with Crippen molar-refractivity contribution in [3.63, 3.8) is 0 Å². The highest BCUT2D eigenvalue weighted by molar-refractivity contribution is 5.97. The van der Waals surface area contributed by atoms with Gasteiger partial charge in [-0.1, -0.05) is 13.8 Å². The minimum absolute atomic E-state index is 0.00464. The maximum absolute atomic E-state index is 13.4. The molecule has 2 amide bonds. The molecule has 4 rings (SSSR count). The maximum atomic E-state index is 13.4. The molecule has 1 aliphatic heterocycles. The molecular weight excluding hydrogens is 450 g/mol. The van der Waals surface area contributed by atoms with Gasteiger partial charge in [-0.15, -0.1) is 5.10 Å². The molecule has 2 aromatic rings. The zero-order chi connectivity index (χ0) is 24.8. The van der Waals surface area contributed by atoms with Crippen LogP contribution in [-0.2, 0) is 11.3 Å². The Bertz CT molecular complexity index is 1220.